The summed E-state index contributed by atoms with van der Waals surface area (Å²) >= 11 is 6.10. The van der Waals surface area contributed by atoms with Crippen molar-refractivity contribution >= 4 is 51.8 Å². The molecule has 0 unspecified atom stereocenters. The molecule has 0 spiro atoms. The molecule has 0 bridgehead atoms. The summed E-state index contributed by atoms with van der Waals surface area (Å²) in [6.45, 7) is 0.697. The second-order valence-electron chi connectivity index (χ2n) is 7.50. The zero-order valence-corrected chi connectivity index (χ0v) is 17.5. The van der Waals surface area contributed by atoms with Gasteiger partial charge in [-0.25, -0.2) is 4.98 Å². The van der Waals surface area contributed by atoms with Crippen molar-refractivity contribution in [3.63, 3.8) is 0 Å². The smallest absolute Gasteiger partial charge is 0.152 e. The number of nitrogens with zero attached hydrogens (tertiary/aromatic N) is 2. The van der Waals surface area contributed by atoms with Crippen molar-refractivity contribution < 1.29 is 4.79 Å². The van der Waals surface area contributed by atoms with Gasteiger partial charge in [-0.05, 0) is 47.5 Å². The SMILES string of the molecule is O=Cc1cn(Cc2cccc(C=Cc3ccc4ccc(Cl)cc4n3)c2)c2ccccc12. The summed E-state index contributed by atoms with van der Waals surface area (Å²) in [6.07, 6.45) is 6.91. The molecule has 5 aromatic rings. The van der Waals surface area contributed by atoms with Crippen LogP contribution in [0.25, 0.3) is 34.0 Å². The van der Waals surface area contributed by atoms with Crippen molar-refractivity contribution in [3.05, 3.63) is 112 Å². The summed E-state index contributed by atoms with van der Waals surface area (Å²) in [6, 6.07) is 26.1. The molecule has 0 atom stereocenters. The van der Waals surface area contributed by atoms with Crippen LogP contribution in [0.1, 0.15) is 27.2 Å². The van der Waals surface area contributed by atoms with Gasteiger partial charge in [-0.15, -0.1) is 0 Å². The highest BCUT2D eigenvalue weighted by Gasteiger charge is 2.07. The van der Waals surface area contributed by atoms with Crippen LogP contribution >= 0.6 is 11.6 Å². The van der Waals surface area contributed by atoms with Crippen molar-refractivity contribution in [3.8, 4) is 0 Å². The first-order valence-electron chi connectivity index (χ1n) is 10.1. The van der Waals surface area contributed by atoms with E-state index in [2.05, 4.69) is 46.0 Å². The number of rotatable bonds is 5. The second kappa shape index (κ2) is 8.21. The zero-order chi connectivity index (χ0) is 21.2. The lowest BCUT2D eigenvalue weighted by Gasteiger charge is -2.07. The van der Waals surface area contributed by atoms with Crippen LogP contribution in [0.3, 0.4) is 0 Å². The van der Waals surface area contributed by atoms with Gasteiger partial charge in [-0.3, -0.25) is 4.79 Å². The first kappa shape index (κ1) is 19.3. The van der Waals surface area contributed by atoms with E-state index in [9.17, 15) is 4.79 Å². The normalized spacial score (nSPS) is 11.5. The van der Waals surface area contributed by atoms with E-state index in [1.807, 2.05) is 60.8 Å². The average molecular weight is 423 g/mol. The summed E-state index contributed by atoms with van der Waals surface area (Å²) in [5, 5.41) is 2.73. The quantitative estimate of drug-likeness (QED) is 0.289. The van der Waals surface area contributed by atoms with Gasteiger partial charge in [0.25, 0.3) is 0 Å². The molecule has 4 heteroatoms. The molecule has 0 radical (unpaired) electrons. The van der Waals surface area contributed by atoms with Crippen LogP contribution in [0, 0.1) is 0 Å². The maximum absolute atomic E-state index is 11.4. The van der Waals surface area contributed by atoms with Gasteiger partial charge >= 0.3 is 0 Å². The van der Waals surface area contributed by atoms with Crippen molar-refractivity contribution in [1.29, 1.82) is 0 Å². The molecule has 0 aliphatic rings. The highest BCUT2D eigenvalue weighted by Crippen LogP contribution is 2.22. The number of pyridine rings is 1. The molecule has 5 rings (SSSR count). The number of aromatic nitrogens is 2. The summed E-state index contributed by atoms with van der Waals surface area (Å²) in [7, 11) is 0. The molecule has 3 aromatic carbocycles. The first-order chi connectivity index (χ1) is 15.2. The molecule has 0 aliphatic carbocycles. The van der Waals surface area contributed by atoms with E-state index in [1.165, 1.54) is 5.56 Å². The van der Waals surface area contributed by atoms with Crippen LogP contribution in [0.4, 0.5) is 0 Å². The van der Waals surface area contributed by atoms with E-state index in [4.69, 9.17) is 11.6 Å². The fourth-order valence-corrected chi connectivity index (χ4v) is 4.04. The molecule has 0 N–H and O–H groups in total. The molecule has 2 heterocycles. The maximum atomic E-state index is 11.4. The third-order valence-corrected chi connectivity index (χ3v) is 5.61. The molecule has 3 nitrogen and oxygen atoms in total. The Labute approximate surface area is 185 Å². The third-order valence-electron chi connectivity index (χ3n) is 5.37. The molecule has 0 saturated heterocycles. The number of halogens is 1. The Hall–Kier alpha value is -3.69. The number of hydrogen-bond donors (Lipinski definition) is 0. The fourth-order valence-electron chi connectivity index (χ4n) is 3.87. The van der Waals surface area contributed by atoms with E-state index < -0.39 is 0 Å². The van der Waals surface area contributed by atoms with Gasteiger partial charge in [0.15, 0.2) is 6.29 Å². The standard InChI is InChI=1S/C27H19ClN2O/c28-23-11-9-21-10-13-24(29-26(21)15-23)12-8-19-4-3-5-20(14-19)16-30-17-22(18-31)25-6-1-2-7-27(25)30/h1-15,17-18H,16H2. The first-order valence-corrected chi connectivity index (χ1v) is 10.4. The minimum absolute atomic E-state index is 0.684. The lowest BCUT2D eigenvalue weighted by Crippen LogP contribution is -1.98. The molecule has 31 heavy (non-hydrogen) atoms. The molecule has 0 saturated carbocycles. The Morgan fingerprint density at radius 3 is 2.68 bits per heavy atom. The van der Waals surface area contributed by atoms with Gasteiger partial charge in [0, 0.05) is 39.6 Å². The molecule has 0 fully saturated rings. The Bertz CT molecular complexity index is 1450. The minimum Gasteiger partial charge on any atom is -0.342 e. The predicted octanol–water partition coefficient (Wildman–Crippen LogP) is 6.87. The zero-order valence-electron chi connectivity index (χ0n) is 16.7. The molecular formula is C27H19ClN2O. The van der Waals surface area contributed by atoms with Crippen molar-refractivity contribution in [2.24, 2.45) is 0 Å². The third kappa shape index (κ3) is 4.00. The Morgan fingerprint density at radius 1 is 0.903 bits per heavy atom. The molecule has 150 valence electrons. The lowest BCUT2D eigenvalue weighted by molar-refractivity contribution is 0.112. The molecule has 0 aliphatic heterocycles. The summed E-state index contributed by atoms with van der Waals surface area (Å²) in [4.78, 5) is 16.1. The van der Waals surface area contributed by atoms with E-state index in [0.29, 0.717) is 17.1 Å². The lowest BCUT2D eigenvalue weighted by atomic mass is 10.1. The van der Waals surface area contributed by atoms with Crippen LogP contribution in [0.5, 0.6) is 0 Å². The maximum Gasteiger partial charge on any atom is 0.152 e. The summed E-state index contributed by atoms with van der Waals surface area (Å²) < 4.78 is 2.12. The minimum atomic E-state index is 0.684. The van der Waals surface area contributed by atoms with E-state index >= 15 is 0 Å². The van der Waals surface area contributed by atoms with Crippen LogP contribution in [-0.4, -0.2) is 15.8 Å². The van der Waals surface area contributed by atoms with Crippen LogP contribution < -0.4 is 0 Å². The monoisotopic (exact) mass is 422 g/mol. The van der Waals surface area contributed by atoms with Crippen molar-refractivity contribution in [2.45, 2.75) is 6.54 Å². The number of benzene rings is 3. The summed E-state index contributed by atoms with van der Waals surface area (Å²) in [5.41, 5.74) is 5.80. The van der Waals surface area contributed by atoms with Gasteiger partial charge in [0.2, 0.25) is 0 Å². The van der Waals surface area contributed by atoms with Crippen LogP contribution in [-0.2, 0) is 6.54 Å². The molecule has 2 aromatic heterocycles. The van der Waals surface area contributed by atoms with Gasteiger partial charge in [0.05, 0.1) is 11.2 Å². The highest BCUT2D eigenvalue weighted by atomic mass is 35.5. The Balaban J connectivity index is 1.41. The van der Waals surface area contributed by atoms with Gasteiger partial charge in [-0.1, -0.05) is 66.2 Å². The average Bonchev–Trinajstić information content (AvgIpc) is 3.15. The molecule has 0 amide bonds. The van der Waals surface area contributed by atoms with Crippen molar-refractivity contribution in [1.82, 2.24) is 9.55 Å². The molecular weight excluding hydrogens is 404 g/mol. The van der Waals surface area contributed by atoms with Gasteiger partial charge in [0.1, 0.15) is 0 Å². The van der Waals surface area contributed by atoms with E-state index in [1.54, 1.807) is 0 Å². The van der Waals surface area contributed by atoms with Crippen molar-refractivity contribution in [2.75, 3.05) is 0 Å². The largest absolute Gasteiger partial charge is 0.342 e. The van der Waals surface area contributed by atoms with E-state index in [0.717, 1.165) is 39.3 Å². The van der Waals surface area contributed by atoms with Gasteiger partial charge in [-0.2, -0.15) is 0 Å². The Kier molecular flexibility index (Phi) is 5.11. The second-order valence-corrected chi connectivity index (χ2v) is 7.94. The van der Waals surface area contributed by atoms with Gasteiger partial charge < -0.3 is 4.57 Å². The van der Waals surface area contributed by atoms with E-state index in [-0.39, 0.29) is 0 Å². The number of para-hydroxylation sites is 1. The number of fused-ring (bicyclic) bond motifs is 2. The highest BCUT2D eigenvalue weighted by molar-refractivity contribution is 6.31. The topological polar surface area (TPSA) is 34.9 Å². The Morgan fingerprint density at radius 2 is 1.77 bits per heavy atom. The number of carbonyl (C=O) groups excluding carboxylic acids is 1. The summed E-state index contributed by atoms with van der Waals surface area (Å²) in [5.74, 6) is 0. The van der Waals surface area contributed by atoms with Crippen LogP contribution in [0.15, 0.2) is 85.1 Å². The number of carbonyl (C=O) groups is 1. The number of hydrogen-bond acceptors (Lipinski definition) is 2. The predicted molar refractivity (Wildman–Crippen MR) is 129 cm³/mol. The number of aldehydes is 1. The fraction of sp³-hybridized carbons (Fsp3) is 0.0370. The van der Waals surface area contributed by atoms with Crippen LogP contribution in [0.2, 0.25) is 5.02 Å².